The number of hydrogen-bond acceptors (Lipinski definition) is 5. The number of esters is 1. The van der Waals surface area contributed by atoms with Crippen LogP contribution in [-0.4, -0.2) is 26.3 Å². The third-order valence-corrected chi connectivity index (χ3v) is 4.84. The molecule has 0 aliphatic rings. The molecule has 2 aromatic rings. The summed E-state index contributed by atoms with van der Waals surface area (Å²) in [7, 11) is -4.11. The first-order chi connectivity index (χ1) is 12.0. The van der Waals surface area contributed by atoms with Gasteiger partial charge in [-0.25, -0.2) is 22.7 Å². The van der Waals surface area contributed by atoms with Crippen LogP contribution in [0.5, 0.6) is 0 Å². The largest absolute Gasteiger partial charge is 0.451 e. The van der Waals surface area contributed by atoms with Crippen molar-refractivity contribution in [1.29, 1.82) is 0 Å². The second-order valence-electron chi connectivity index (χ2n) is 5.90. The summed E-state index contributed by atoms with van der Waals surface area (Å²) in [5.41, 5.74) is 1.65. The van der Waals surface area contributed by atoms with Crippen molar-refractivity contribution >= 4 is 21.8 Å². The van der Waals surface area contributed by atoms with E-state index in [2.05, 4.69) is 0 Å². The number of rotatable bonds is 5. The molecule has 1 atom stereocenters. The van der Waals surface area contributed by atoms with Gasteiger partial charge in [0.15, 0.2) is 6.10 Å². The number of ether oxygens (including phenoxy) is 1. The van der Waals surface area contributed by atoms with Gasteiger partial charge >= 0.3 is 5.97 Å². The Labute approximate surface area is 150 Å². The Kier molecular flexibility index (Phi) is 5.58. The second-order valence-corrected chi connectivity index (χ2v) is 7.46. The Morgan fingerprint density at radius 2 is 1.73 bits per heavy atom. The number of benzene rings is 2. The lowest BCUT2D eigenvalue weighted by Crippen LogP contribution is -2.25. The van der Waals surface area contributed by atoms with Crippen LogP contribution in [0, 0.1) is 19.7 Å². The smallest absolute Gasteiger partial charge is 0.341 e. The van der Waals surface area contributed by atoms with Gasteiger partial charge in [-0.15, -0.1) is 0 Å². The molecule has 2 N–H and O–H groups in total. The first-order valence-electron chi connectivity index (χ1n) is 7.65. The fourth-order valence-corrected chi connectivity index (χ4v) is 2.78. The highest BCUT2D eigenvalue weighted by Gasteiger charge is 2.24. The van der Waals surface area contributed by atoms with Crippen molar-refractivity contribution in [3.63, 3.8) is 0 Å². The van der Waals surface area contributed by atoms with Gasteiger partial charge in [0, 0.05) is 5.56 Å². The Balaban J connectivity index is 2.23. The van der Waals surface area contributed by atoms with Crippen molar-refractivity contribution in [2.24, 2.45) is 5.14 Å². The number of nitrogens with two attached hydrogens (primary N) is 1. The maximum atomic E-state index is 13.9. The maximum absolute atomic E-state index is 13.9. The molecule has 0 bridgehead atoms. The van der Waals surface area contributed by atoms with E-state index < -0.39 is 44.2 Å². The molecule has 0 unspecified atom stereocenters. The minimum atomic E-state index is -4.11. The Morgan fingerprint density at radius 1 is 1.08 bits per heavy atom. The van der Waals surface area contributed by atoms with E-state index in [1.165, 1.54) is 6.92 Å². The monoisotopic (exact) mass is 379 g/mol. The van der Waals surface area contributed by atoms with Crippen LogP contribution in [0.25, 0.3) is 0 Å². The highest BCUT2D eigenvalue weighted by atomic mass is 32.2. The topological polar surface area (TPSA) is 104 Å². The number of sulfonamides is 1. The number of aryl methyl sites for hydroxylation is 2. The van der Waals surface area contributed by atoms with Gasteiger partial charge in [0.1, 0.15) is 5.82 Å². The van der Waals surface area contributed by atoms with Crippen LogP contribution < -0.4 is 5.14 Å². The van der Waals surface area contributed by atoms with E-state index >= 15 is 0 Å². The average molecular weight is 379 g/mol. The molecule has 0 amide bonds. The van der Waals surface area contributed by atoms with Crippen molar-refractivity contribution in [2.75, 3.05) is 0 Å². The Morgan fingerprint density at radius 3 is 2.31 bits per heavy atom. The van der Waals surface area contributed by atoms with Gasteiger partial charge < -0.3 is 4.74 Å². The van der Waals surface area contributed by atoms with E-state index in [-0.39, 0.29) is 0 Å². The van der Waals surface area contributed by atoms with E-state index in [1.54, 1.807) is 18.2 Å². The van der Waals surface area contributed by atoms with Gasteiger partial charge in [-0.3, -0.25) is 4.79 Å². The Hall–Kier alpha value is -2.58. The lowest BCUT2D eigenvalue weighted by atomic mass is 10.0. The molecule has 0 fully saturated rings. The fourth-order valence-electron chi connectivity index (χ4n) is 2.24. The molecule has 0 saturated carbocycles. The van der Waals surface area contributed by atoms with E-state index in [4.69, 9.17) is 9.88 Å². The van der Waals surface area contributed by atoms with Crippen LogP contribution in [0.15, 0.2) is 41.3 Å². The van der Waals surface area contributed by atoms with Gasteiger partial charge in [-0.2, -0.15) is 0 Å². The van der Waals surface area contributed by atoms with Crippen LogP contribution >= 0.6 is 0 Å². The Bertz CT molecular complexity index is 985. The van der Waals surface area contributed by atoms with Gasteiger partial charge in [0.05, 0.1) is 10.5 Å². The molecule has 0 heterocycles. The molecule has 138 valence electrons. The number of ketones is 1. The molecule has 0 aliphatic heterocycles. The molecule has 2 rings (SSSR count). The summed E-state index contributed by atoms with van der Waals surface area (Å²) >= 11 is 0. The van der Waals surface area contributed by atoms with Crippen molar-refractivity contribution in [1.82, 2.24) is 0 Å². The molecule has 0 saturated heterocycles. The number of Topliss-reactive ketones (excluding diaryl/α,β-unsaturated/α-hetero) is 1. The summed E-state index contributed by atoms with van der Waals surface area (Å²) in [6.45, 7) is 5.10. The zero-order valence-corrected chi connectivity index (χ0v) is 15.3. The van der Waals surface area contributed by atoms with Gasteiger partial charge in [0.2, 0.25) is 15.8 Å². The van der Waals surface area contributed by atoms with Crippen LogP contribution in [-0.2, 0) is 14.8 Å². The minimum absolute atomic E-state index is 0.354. The second kappa shape index (κ2) is 7.35. The van der Waals surface area contributed by atoms with Crippen molar-refractivity contribution < 1.29 is 27.1 Å². The zero-order valence-electron chi connectivity index (χ0n) is 14.4. The molecule has 2 aromatic carbocycles. The number of hydrogen-bond donors (Lipinski definition) is 1. The third-order valence-electron chi connectivity index (χ3n) is 3.93. The highest BCUT2D eigenvalue weighted by Crippen LogP contribution is 2.17. The molecule has 26 heavy (non-hydrogen) atoms. The SMILES string of the molecule is Cc1ccc(C(=O)[C@H](C)OC(=O)c2cc(S(N)(=O)=O)ccc2F)cc1C. The van der Waals surface area contributed by atoms with Crippen LogP contribution in [0.1, 0.15) is 38.8 Å². The van der Waals surface area contributed by atoms with E-state index in [0.717, 1.165) is 29.3 Å². The van der Waals surface area contributed by atoms with Gasteiger partial charge in [0.25, 0.3) is 0 Å². The fraction of sp³-hybridized carbons (Fsp3) is 0.222. The van der Waals surface area contributed by atoms with Crippen molar-refractivity contribution in [2.45, 2.75) is 31.8 Å². The van der Waals surface area contributed by atoms with E-state index in [0.29, 0.717) is 5.56 Å². The number of halogens is 1. The summed E-state index contributed by atoms with van der Waals surface area (Å²) in [6, 6.07) is 7.56. The third kappa shape index (κ3) is 4.33. The van der Waals surface area contributed by atoms with E-state index in [9.17, 15) is 22.4 Å². The first kappa shape index (κ1) is 19.7. The van der Waals surface area contributed by atoms with Crippen LogP contribution in [0.4, 0.5) is 4.39 Å². The number of carbonyl (C=O) groups excluding carboxylic acids is 2. The molecule has 0 aromatic heterocycles. The zero-order chi connectivity index (χ0) is 19.6. The minimum Gasteiger partial charge on any atom is -0.451 e. The summed E-state index contributed by atoms with van der Waals surface area (Å²) in [5.74, 6) is -2.59. The number of carbonyl (C=O) groups is 2. The molecular formula is C18H18FNO5S. The van der Waals surface area contributed by atoms with Crippen molar-refractivity contribution in [3.05, 3.63) is 64.5 Å². The lowest BCUT2D eigenvalue weighted by Gasteiger charge is -2.14. The summed E-state index contributed by atoms with van der Waals surface area (Å²) in [6.07, 6.45) is -1.18. The molecule has 0 radical (unpaired) electrons. The highest BCUT2D eigenvalue weighted by molar-refractivity contribution is 7.89. The molecule has 0 aliphatic carbocycles. The molecular weight excluding hydrogens is 361 g/mol. The van der Waals surface area contributed by atoms with Crippen LogP contribution in [0.3, 0.4) is 0 Å². The molecule has 0 spiro atoms. The summed E-state index contributed by atoms with van der Waals surface area (Å²) < 4.78 is 41.6. The summed E-state index contributed by atoms with van der Waals surface area (Å²) in [5, 5.41) is 4.97. The standard InChI is InChI=1S/C18H18FNO5S/c1-10-4-5-13(8-11(10)2)17(21)12(3)25-18(22)15-9-14(26(20,23)24)6-7-16(15)19/h4-9,12H,1-3H3,(H2,20,23,24)/t12-/m0/s1. The van der Waals surface area contributed by atoms with E-state index in [1.807, 2.05) is 13.8 Å². The summed E-state index contributed by atoms with van der Waals surface area (Å²) in [4.78, 5) is 24.1. The van der Waals surface area contributed by atoms with Crippen LogP contribution in [0.2, 0.25) is 0 Å². The average Bonchev–Trinajstić information content (AvgIpc) is 2.55. The van der Waals surface area contributed by atoms with Gasteiger partial charge in [-0.1, -0.05) is 12.1 Å². The molecule has 8 heteroatoms. The predicted molar refractivity (Wildman–Crippen MR) is 92.9 cm³/mol. The van der Waals surface area contributed by atoms with Crippen molar-refractivity contribution in [3.8, 4) is 0 Å². The van der Waals surface area contributed by atoms with Gasteiger partial charge in [-0.05, 0) is 56.2 Å². The quantitative estimate of drug-likeness (QED) is 0.635. The lowest BCUT2D eigenvalue weighted by molar-refractivity contribution is 0.0314. The predicted octanol–water partition coefficient (Wildman–Crippen LogP) is 2.52. The molecule has 6 nitrogen and oxygen atoms in total. The first-order valence-corrected chi connectivity index (χ1v) is 9.20. The maximum Gasteiger partial charge on any atom is 0.341 e. The normalized spacial score (nSPS) is 12.5. The number of primary sulfonamides is 1.